The average Bonchev–Trinajstić information content (AvgIpc) is 3.15. The molecule has 160 valence electrons. The van der Waals surface area contributed by atoms with Crippen molar-refractivity contribution in [2.45, 2.75) is 19.1 Å². The van der Waals surface area contributed by atoms with Crippen molar-refractivity contribution in [3.8, 4) is 17.2 Å². The molecule has 0 aliphatic rings. The van der Waals surface area contributed by atoms with Gasteiger partial charge < -0.3 is 24.5 Å². The first-order valence-electron chi connectivity index (χ1n) is 8.99. The maximum Gasteiger partial charge on any atom is 0.416 e. The Labute approximate surface area is 170 Å². The number of aromatic nitrogens is 1. The van der Waals surface area contributed by atoms with Crippen LogP contribution in [0, 0.1) is 0 Å². The van der Waals surface area contributed by atoms with Crippen molar-refractivity contribution >= 4 is 16.8 Å². The van der Waals surface area contributed by atoms with Crippen LogP contribution in [0.25, 0.3) is 10.9 Å². The highest BCUT2D eigenvalue weighted by Gasteiger charge is 2.31. The van der Waals surface area contributed by atoms with Crippen LogP contribution in [0.4, 0.5) is 13.2 Å². The molecule has 1 aromatic heterocycles. The van der Waals surface area contributed by atoms with Crippen LogP contribution >= 0.6 is 0 Å². The molecule has 0 radical (unpaired) electrons. The second-order valence-corrected chi connectivity index (χ2v) is 6.61. The van der Waals surface area contributed by atoms with Gasteiger partial charge in [-0.25, -0.2) is 0 Å². The number of carbonyl (C=O) groups excluding carboxylic acids is 1. The second-order valence-electron chi connectivity index (χ2n) is 6.61. The lowest BCUT2D eigenvalue weighted by atomic mass is 10.0. The van der Waals surface area contributed by atoms with Crippen molar-refractivity contribution in [1.29, 1.82) is 0 Å². The van der Waals surface area contributed by atoms with Crippen molar-refractivity contribution in [1.82, 2.24) is 10.3 Å². The van der Waals surface area contributed by atoms with Crippen LogP contribution in [0.2, 0.25) is 0 Å². The Hall–Kier alpha value is -3.36. The number of carbonyl (C=O) groups is 1. The highest BCUT2D eigenvalue weighted by atomic mass is 19.4. The van der Waals surface area contributed by atoms with Crippen LogP contribution in [-0.4, -0.2) is 32.2 Å². The van der Waals surface area contributed by atoms with Gasteiger partial charge in [0, 0.05) is 5.39 Å². The van der Waals surface area contributed by atoms with E-state index in [1.54, 1.807) is 19.1 Å². The molecule has 0 fully saturated rings. The lowest BCUT2D eigenvalue weighted by Gasteiger charge is -2.16. The fraction of sp³-hybridized carbons (Fsp3) is 0.286. The first kappa shape index (κ1) is 21.4. The summed E-state index contributed by atoms with van der Waals surface area (Å²) >= 11 is 0. The number of amides is 1. The standard InChI is InChI=1S/C21H21F3N2O4/c1-11(12-6-5-7-14(8-12)21(22,23)24)25-20(27)15-9-13-10-16(28-2)18(29-3)19(30-4)17(13)26-15/h5-11,26H,1-4H3,(H,25,27)/t11-/m1/s1. The number of benzene rings is 2. The number of fused-ring (bicyclic) bond motifs is 1. The summed E-state index contributed by atoms with van der Waals surface area (Å²) in [4.78, 5) is 15.7. The molecule has 0 aliphatic heterocycles. The summed E-state index contributed by atoms with van der Waals surface area (Å²) in [6.45, 7) is 1.61. The largest absolute Gasteiger partial charge is 0.493 e. The Morgan fingerprint density at radius 3 is 2.33 bits per heavy atom. The molecule has 2 N–H and O–H groups in total. The number of halogens is 3. The third-order valence-electron chi connectivity index (χ3n) is 4.73. The molecule has 30 heavy (non-hydrogen) atoms. The maximum atomic E-state index is 12.9. The summed E-state index contributed by atoms with van der Waals surface area (Å²) < 4.78 is 54.9. The number of rotatable bonds is 6. The van der Waals surface area contributed by atoms with Crippen LogP contribution in [-0.2, 0) is 6.18 Å². The molecule has 9 heteroatoms. The number of H-pyrrole nitrogens is 1. The molecule has 0 spiro atoms. The molecule has 0 aliphatic carbocycles. The molecule has 0 saturated carbocycles. The minimum Gasteiger partial charge on any atom is -0.493 e. The quantitative estimate of drug-likeness (QED) is 0.604. The van der Waals surface area contributed by atoms with Gasteiger partial charge in [-0.2, -0.15) is 13.2 Å². The Balaban J connectivity index is 1.90. The van der Waals surface area contributed by atoms with E-state index in [4.69, 9.17) is 14.2 Å². The molecular formula is C21H21F3N2O4. The fourth-order valence-corrected chi connectivity index (χ4v) is 3.21. The average molecular weight is 422 g/mol. The van der Waals surface area contributed by atoms with E-state index < -0.39 is 23.7 Å². The van der Waals surface area contributed by atoms with E-state index in [-0.39, 0.29) is 5.69 Å². The molecule has 1 heterocycles. The minimum atomic E-state index is -4.45. The number of ether oxygens (including phenoxy) is 3. The molecule has 1 amide bonds. The van der Waals surface area contributed by atoms with E-state index in [2.05, 4.69) is 10.3 Å². The van der Waals surface area contributed by atoms with Crippen LogP contribution in [0.1, 0.15) is 34.6 Å². The van der Waals surface area contributed by atoms with E-state index in [9.17, 15) is 18.0 Å². The van der Waals surface area contributed by atoms with Gasteiger partial charge in [0.15, 0.2) is 11.5 Å². The van der Waals surface area contributed by atoms with E-state index in [1.165, 1.54) is 33.5 Å². The Morgan fingerprint density at radius 2 is 1.73 bits per heavy atom. The van der Waals surface area contributed by atoms with Gasteiger partial charge in [-0.1, -0.05) is 12.1 Å². The number of hydrogen-bond acceptors (Lipinski definition) is 4. The maximum absolute atomic E-state index is 12.9. The summed E-state index contributed by atoms with van der Waals surface area (Å²) in [6, 6.07) is 7.51. The summed E-state index contributed by atoms with van der Waals surface area (Å²) in [5, 5.41) is 3.36. The summed E-state index contributed by atoms with van der Waals surface area (Å²) in [5.41, 5.74) is 0.329. The molecule has 0 bridgehead atoms. The third kappa shape index (κ3) is 4.00. The van der Waals surface area contributed by atoms with E-state index in [0.717, 1.165) is 12.1 Å². The van der Waals surface area contributed by atoms with Gasteiger partial charge in [-0.3, -0.25) is 4.79 Å². The first-order chi connectivity index (χ1) is 14.2. The molecule has 6 nitrogen and oxygen atoms in total. The normalized spacial score (nSPS) is 12.5. The fourth-order valence-electron chi connectivity index (χ4n) is 3.21. The van der Waals surface area contributed by atoms with E-state index in [1.807, 2.05) is 0 Å². The molecular weight excluding hydrogens is 401 g/mol. The van der Waals surface area contributed by atoms with Crippen LogP contribution in [0.15, 0.2) is 36.4 Å². The Morgan fingerprint density at radius 1 is 1.03 bits per heavy atom. The van der Waals surface area contributed by atoms with Gasteiger partial charge in [0.05, 0.1) is 38.5 Å². The molecule has 3 rings (SSSR count). The highest BCUT2D eigenvalue weighted by Crippen LogP contribution is 2.43. The van der Waals surface area contributed by atoms with E-state index >= 15 is 0 Å². The first-order valence-corrected chi connectivity index (χ1v) is 8.99. The number of aromatic amines is 1. The Kier molecular flexibility index (Phi) is 5.82. The predicted octanol–water partition coefficient (Wildman–Crippen LogP) is 4.70. The summed E-state index contributed by atoms with van der Waals surface area (Å²) in [7, 11) is 4.42. The zero-order valence-corrected chi connectivity index (χ0v) is 16.8. The SMILES string of the molecule is COc1cc2cc(C(=O)N[C@H](C)c3cccc(C(F)(F)F)c3)[nH]c2c(OC)c1OC. The van der Waals surface area contributed by atoms with Crippen LogP contribution < -0.4 is 19.5 Å². The van der Waals surface area contributed by atoms with Crippen molar-refractivity contribution in [3.63, 3.8) is 0 Å². The molecule has 0 saturated heterocycles. The molecule has 3 aromatic rings. The molecule has 1 atom stereocenters. The number of alkyl halides is 3. The molecule has 2 aromatic carbocycles. The van der Waals surface area contributed by atoms with Crippen LogP contribution in [0.3, 0.4) is 0 Å². The van der Waals surface area contributed by atoms with Gasteiger partial charge in [-0.15, -0.1) is 0 Å². The topological polar surface area (TPSA) is 72.6 Å². The van der Waals surface area contributed by atoms with Crippen molar-refractivity contribution < 1.29 is 32.2 Å². The van der Waals surface area contributed by atoms with Gasteiger partial charge >= 0.3 is 6.18 Å². The lowest BCUT2D eigenvalue weighted by molar-refractivity contribution is -0.137. The summed E-state index contributed by atoms with van der Waals surface area (Å²) in [5.74, 6) is 0.705. The van der Waals surface area contributed by atoms with Crippen LogP contribution in [0.5, 0.6) is 17.2 Å². The predicted molar refractivity (Wildman–Crippen MR) is 105 cm³/mol. The van der Waals surface area contributed by atoms with E-state index in [0.29, 0.717) is 33.7 Å². The highest BCUT2D eigenvalue weighted by molar-refractivity contribution is 6.01. The van der Waals surface area contributed by atoms with Gasteiger partial charge in [0.1, 0.15) is 5.69 Å². The summed E-state index contributed by atoms with van der Waals surface area (Å²) in [6.07, 6.45) is -4.45. The smallest absolute Gasteiger partial charge is 0.416 e. The van der Waals surface area contributed by atoms with Crippen molar-refractivity contribution in [2.75, 3.05) is 21.3 Å². The molecule has 0 unspecified atom stereocenters. The zero-order valence-electron chi connectivity index (χ0n) is 16.8. The van der Waals surface area contributed by atoms with Crippen molar-refractivity contribution in [2.24, 2.45) is 0 Å². The number of hydrogen-bond donors (Lipinski definition) is 2. The van der Waals surface area contributed by atoms with Gasteiger partial charge in [0.2, 0.25) is 5.75 Å². The number of methoxy groups -OCH3 is 3. The van der Waals surface area contributed by atoms with Crippen molar-refractivity contribution in [3.05, 3.63) is 53.2 Å². The zero-order chi connectivity index (χ0) is 22.1. The number of nitrogens with one attached hydrogen (secondary N) is 2. The monoisotopic (exact) mass is 422 g/mol. The lowest BCUT2D eigenvalue weighted by Crippen LogP contribution is -2.27. The third-order valence-corrected chi connectivity index (χ3v) is 4.73. The second kappa shape index (κ2) is 8.17. The van der Waals surface area contributed by atoms with Gasteiger partial charge in [0.25, 0.3) is 5.91 Å². The Bertz CT molecular complexity index is 1080. The minimum absolute atomic E-state index is 0.220. The van der Waals surface area contributed by atoms with Gasteiger partial charge in [-0.05, 0) is 36.8 Å².